The first-order chi connectivity index (χ1) is 13.8. The van der Waals surface area contributed by atoms with Gasteiger partial charge in [0.15, 0.2) is 17.3 Å². The Morgan fingerprint density at radius 2 is 1.59 bits per heavy atom. The Hall–Kier alpha value is -3.78. The molecule has 0 fully saturated rings. The highest BCUT2D eigenvalue weighted by molar-refractivity contribution is 7.92. The molecule has 3 aromatic rings. The Morgan fingerprint density at radius 1 is 0.897 bits per heavy atom. The van der Waals surface area contributed by atoms with Gasteiger partial charge in [-0.15, -0.1) is 0 Å². The number of carbonyl (C=O) groups is 1. The largest absolute Gasteiger partial charge is 0.508 e. The first kappa shape index (κ1) is 20.0. The lowest BCUT2D eigenvalue weighted by Gasteiger charge is -2.08. The molecule has 0 aromatic heterocycles. The van der Waals surface area contributed by atoms with Gasteiger partial charge >= 0.3 is 0 Å². The van der Waals surface area contributed by atoms with Crippen LogP contribution in [0.25, 0.3) is 6.08 Å². The van der Waals surface area contributed by atoms with Gasteiger partial charge in [0.25, 0.3) is 10.0 Å². The smallest absolute Gasteiger partial charge is 0.262 e. The zero-order valence-corrected chi connectivity index (χ0v) is 15.8. The first-order valence-electron chi connectivity index (χ1n) is 8.41. The predicted molar refractivity (Wildman–Crippen MR) is 108 cm³/mol. The maximum Gasteiger partial charge on any atom is 0.262 e. The van der Waals surface area contributed by atoms with Crippen LogP contribution in [0.15, 0.2) is 77.7 Å². The SMILES string of the molecule is O=C(C=Cc1cccc(O)c1O)c1ccc(NS(=O)(=O)c2cccc(O)c2)cc1. The van der Waals surface area contributed by atoms with E-state index >= 15 is 0 Å². The van der Waals surface area contributed by atoms with Gasteiger partial charge in [-0.3, -0.25) is 9.52 Å². The average Bonchev–Trinajstić information content (AvgIpc) is 2.69. The number of phenolic OH excluding ortho intramolecular Hbond substituents is 3. The van der Waals surface area contributed by atoms with Crippen molar-refractivity contribution in [3.63, 3.8) is 0 Å². The molecule has 8 heteroatoms. The molecule has 3 rings (SSSR count). The van der Waals surface area contributed by atoms with Crippen molar-refractivity contribution in [3.05, 3.63) is 83.9 Å². The van der Waals surface area contributed by atoms with E-state index in [2.05, 4.69) is 4.72 Å². The van der Waals surface area contributed by atoms with E-state index in [1.807, 2.05) is 0 Å². The monoisotopic (exact) mass is 411 g/mol. The Balaban J connectivity index is 1.73. The number of allylic oxidation sites excluding steroid dienone is 1. The first-order valence-corrected chi connectivity index (χ1v) is 9.90. The van der Waals surface area contributed by atoms with E-state index in [-0.39, 0.29) is 39.2 Å². The summed E-state index contributed by atoms with van der Waals surface area (Å²) in [5.41, 5.74) is 0.842. The summed E-state index contributed by atoms with van der Waals surface area (Å²) in [7, 11) is -3.88. The molecular formula is C21H17NO6S. The van der Waals surface area contributed by atoms with Crippen molar-refractivity contribution in [3.8, 4) is 17.2 Å². The van der Waals surface area contributed by atoms with Gasteiger partial charge in [-0.25, -0.2) is 8.42 Å². The maximum atomic E-state index is 12.3. The van der Waals surface area contributed by atoms with Crippen LogP contribution in [-0.2, 0) is 10.0 Å². The van der Waals surface area contributed by atoms with Crippen LogP contribution in [0.4, 0.5) is 5.69 Å². The zero-order chi connectivity index (χ0) is 21.0. The molecule has 0 aliphatic carbocycles. The topological polar surface area (TPSA) is 124 Å². The minimum Gasteiger partial charge on any atom is -0.508 e. The minimum atomic E-state index is -3.88. The number of sulfonamides is 1. The van der Waals surface area contributed by atoms with E-state index in [1.165, 1.54) is 72.8 Å². The van der Waals surface area contributed by atoms with Gasteiger partial charge in [0.05, 0.1) is 4.90 Å². The number of rotatable bonds is 6. The van der Waals surface area contributed by atoms with Crippen LogP contribution in [0.1, 0.15) is 15.9 Å². The maximum absolute atomic E-state index is 12.3. The minimum absolute atomic E-state index is 0.0912. The van der Waals surface area contributed by atoms with Crippen LogP contribution in [0.2, 0.25) is 0 Å². The van der Waals surface area contributed by atoms with Crippen LogP contribution in [0.5, 0.6) is 17.2 Å². The molecule has 0 aliphatic rings. The molecule has 0 radical (unpaired) electrons. The predicted octanol–water partition coefficient (Wildman–Crippen LogP) is 3.50. The zero-order valence-electron chi connectivity index (χ0n) is 15.0. The number of hydrogen-bond donors (Lipinski definition) is 4. The lowest BCUT2D eigenvalue weighted by molar-refractivity contribution is 0.104. The Bertz CT molecular complexity index is 1180. The lowest BCUT2D eigenvalue weighted by atomic mass is 10.1. The molecule has 29 heavy (non-hydrogen) atoms. The number of phenols is 3. The average molecular weight is 411 g/mol. The number of nitrogens with one attached hydrogen (secondary N) is 1. The fourth-order valence-electron chi connectivity index (χ4n) is 2.51. The summed E-state index contributed by atoms with van der Waals surface area (Å²) in [6, 6.07) is 15.4. The fraction of sp³-hybridized carbons (Fsp3) is 0. The van der Waals surface area contributed by atoms with Crippen molar-refractivity contribution in [2.24, 2.45) is 0 Å². The van der Waals surface area contributed by atoms with Crippen molar-refractivity contribution in [2.75, 3.05) is 4.72 Å². The highest BCUT2D eigenvalue weighted by Crippen LogP contribution is 2.29. The summed E-state index contributed by atoms with van der Waals surface area (Å²) in [6.07, 6.45) is 2.61. The van der Waals surface area contributed by atoms with Gasteiger partial charge in [-0.1, -0.05) is 18.2 Å². The standard InChI is InChI=1S/C21H17NO6S/c23-17-4-2-5-18(13-17)29(27,28)22-16-10-7-14(8-11-16)19(24)12-9-15-3-1-6-20(25)21(15)26/h1-13,22-23,25-26H. The third-order valence-electron chi connectivity index (χ3n) is 4.01. The van der Waals surface area contributed by atoms with E-state index in [1.54, 1.807) is 0 Å². The van der Waals surface area contributed by atoms with E-state index in [0.717, 1.165) is 6.07 Å². The van der Waals surface area contributed by atoms with E-state index in [4.69, 9.17) is 0 Å². The molecule has 4 N–H and O–H groups in total. The molecule has 0 aliphatic heterocycles. The molecule has 0 unspecified atom stereocenters. The molecule has 0 spiro atoms. The van der Waals surface area contributed by atoms with Crippen molar-refractivity contribution in [2.45, 2.75) is 4.90 Å². The van der Waals surface area contributed by atoms with Crippen LogP contribution in [0, 0.1) is 0 Å². The van der Waals surface area contributed by atoms with Gasteiger partial charge in [0.1, 0.15) is 5.75 Å². The van der Waals surface area contributed by atoms with E-state index in [9.17, 15) is 28.5 Å². The number of hydrogen-bond acceptors (Lipinski definition) is 6. The molecule has 0 heterocycles. The quantitative estimate of drug-likeness (QED) is 0.280. The van der Waals surface area contributed by atoms with Gasteiger partial charge in [0.2, 0.25) is 0 Å². The summed E-state index contributed by atoms with van der Waals surface area (Å²) in [4.78, 5) is 12.2. The molecule has 7 nitrogen and oxygen atoms in total. The molecule has 3 aromatic carbocycles. The molecule has 0 amide bonds. The van der Waals surface area contributed by atoms with Crippen molar-refractivity contribution >= 4 is 27.6 Å². The summed E-state index contributed by atoms with van der Waals surface area (Å²) in [5, 5.41) is 28.6. The highest BCUT2D eigenvalue weighted by Gasteiger charge is 2.15. The summed E-state index contributed by atoms with van der Waals surface area (Å²) in [6.45, 7) is 0. The third kappa shape index (κ3) is 4.74. The normalized spacial score (nSPS) is 11.4. The van der Waals surface area contributed by atoms with Crippen LogP contribution >= 0.6 is 0 Å². The number of ketones is 1. The summed E-state index contributed by atoms with van der Waals surface area (Å²) in [5.74, 6) is -1.15. The van der Waals surface area contributed by atoms with Crippen molar-refractivity contribution in [1.82, 2.24) is 0 Å². The second-order valence-electron chi connectivity index (χ2n) is 6.09. The summed E-state index contributed by atoms with van der Waals surface area (Å²) < 4.78 is 27.1. The van der Waals surface area contributed by atoms with Crippen molar-refractivity contribution in [1.29, 1.82) is 0 Å². The molecule has 0 bridgehead atoms. The number of anilines is 1. The Morgan fingerprint density at radius 3 is 2.28 bits per heavy atom. The molecule has 0 atom stereocenters. The second-order valence-corrected chi connectivity index (χ2v) is 7.78. The van der Waals surface area contributed by atoms with Gasteiger partial charge < -0.3 is 15.3 Å². The Labute approximate surface area is 167 Å². The van der Waals surface area contributed by atoms with Gasteiger partial charge in [0, 0.05) is 22.9 Å². The number of aromatic hydroxyl groups is 3. The fourth-order valence-corrected chi connectivity index (χ4v) is 3.61. The van der Waals surface area contributed by atoms with Crippen LogP contribution < -0.4 is 4.72 Å². The summed E-state index contributed by atoms with van der Waals surface area (Å²) >= 11 is 0. The molecule has 0 saturated heterocycles. The van der Waals surface area contributed by atoms with Crippen LogP contribution in [-0.4, -0.2) is 29.5 Å². The highest BCUT2D eigenvalue weighted by atomic mass is 32.2. The molecular weight excluding hydrogens is 394 g/mol. The lowest BCUT2D eigenvalue weighted by Crippen LogP contribution is -2.12. The molecule has 0 saturated carbocycles. The number of para-hydroxylation sites is 1. The van der Waals surface area contributed by atoms with Gasteiger partial charge in [-0.2, -0.15) is 0 Å². The van der Waals surface area contributed by atoms with Gasteiger partial charge in [-0.05, 0) is 54.6 Å². The Kier molecular flexibility index (Phi) is 5.56. The van der Waals surface area contributed by atoms with E-state index in [0.29, 0.717) is 5.56 Å². The van der Waals surface area contributed by atoms with Crippen molar-refractivity contribution < 1.29 is 28.5 Å². The van der Waals surface area contributed by atoms with Crippen LogP contribution in [0.3, 0.4) is 0 Å². The number of carbonyl (C=O) groups excluding carboxylic acids is 1. The second kappa shape index (κ2) is 8.07. The van der Waals surface area contributed by atoms with E-state index < -0.39 is 10.0 Å². The third-order valence-corrected chi connectivity index (χ3v) is 5.39. The number of benzene rings is 3. The molecule has 148 valence electrons.